The van der Waals surface area contributed by atoms with Gasteiger partial charge in [0.1, 0.15) is 6.04 Å². The molecule has 0 aliphatic rings. The Hall–Kier alpha value is -1.34. The van der Waals surface area contributed by atoms with E-state index in [0.29, 0.717) is 6.54 Å². The zero-order valence-corrected chi connectivity index (χ0v) is 9.64. The molecular weight excluding hydrogens is 244 g/mol. The van der Waals surface area contributed by atoms with E-state index in [9.17, 15) is 27.2 Å². The van der Waals surface area contributed by atoms with Gasteiger partial charge in [0.15, 0.2) is 0 Å². The Kier molecular flexibility index (Phi) is 5.37. The maximum Gasteiger partial charge on any atom is 0.383 e. The quantitative estimate of drug-likeness (QED) is 0.744. The third kappa shape index (κ3) is 3.86. The summed E-state index contributed by atoms with van der Waals surface area (Å²) in [5, 5.41) is 1.56. The lowest BCUT2D eigenvalue weighted by Crippen LogP contribution is -2.52. The van der Waals surface area contributed by atoms with Gasteiger partial charge in [-0.25, -0.2) is 8.78 Å². The number of nitrogens with one attached hydrogen (secondary N) is 1. The van der Waals surface area contributed by atoms with Crippen LogP contribution in [0.25, 0.3) is 0 Å². The first-order valence-electron chi connectivity index (χ1n) is 4.86. The number of amides is 2. The van der Waals surface area contributed by atoms with Gasteiger partial charge in [0.2, 0.25) is 5.91 Å². The first-order valence-corrected chi connectivity index (χ1v) is 4.86. The molecule has 0 aromatic carbocycles. The second kappa shape index (κ2) is 5.83. The van der Waals surface area contributed by atoms with Gasteiger partial charge in [-0.1, -0.05) is 0 Å². The van der Waals surface area contributed by atoms with E-state index in [1.54, 1.807) is 12.2 Å². The minimum Gasteiger partial charge on any atom is -0.344 e. The average molecular weight is 258 g/mol. The van der Waals surface area contributed by atoms with E-state index in [1.165, 1.54) is 11.9 Å². The molecule has 1 N–H and O–H groups in total. The molecule has 0 radical (unpaired) electrons. The summed E-state index contributed by atoms with van der Waals surface area (Å²) < 4.78 is 48.8. The lowest BCUT2D eigenvalue weighted by molar-refractivity contribution is -0.170. The predicted octanol–water partition coefficient (Wildman–Crippen LogP) is 0.870. The van der Waals surface area contributed by atoms with Crippen LogP contribution in [0.4, 0.5) is 17.6 Å². The number of carbonyl (C=O) groups excluding carboxylic acids is 2. The summed E-state index contributed by atoms with van der Waals surface area (Å²) in [6, 6.07) is -1.28. The molecule has 17 heavy (non-hydrogen) atoms. The van der Waals surface area contributed by atoms with Gasteiger partial charge < -0.3 is 10.2 Å². The van der Waals surface area contributed by atoms with E-state index < -0.39 is 30.2 Å². The molecule has 100 valence electrons. The van der Waals surface area contributed by atoms with Crippen LogP contribution >= 0.6 is 0 Å². The van der Waals surface area contributed by atoms with Gasteiger partial charge in [-0.3, -0.25) is 9.59 Å². The van der Waals surface area contributed by atoms with Crippen molar-refractivity contribution in [2.24, 2.45) is 0 Å². The summed E-state index contributed by atoms with van der Waals surface area (Å²) in [6.07, 6.45) is -4.10. The molecule has 0 aliphatic heterocycles. The maximum absolute atomic E-state index is 12.6. The fraction of sp³-hybridized carbons (Fsp3) is 0.778. The lowest BCUT2D eigenvalue weighted by atomic mass is 10.2. The van der Waals surface area contributed by atoms with Crippen LogP contribution in [-0.4, -0.2) is 48.7 Å². The van der Waals surface area contributed by atoms with Gasteiger partial charge in [0.05, 0.1) is 0 Å². The Morgan fingerprint density at radius 3 is 2.18 bits per heavy atom. The highest BCUT2D eigenvalue weighted by Gasteiger charge is 2.49. The Morgan fingerprint density at radius 2 is 1.82 bits per heavy atom. The zero-order chi connectivity index (χ0) is 13.8. The molecule has 0 heterocycles. The molecule has 0 saturated heterocycles. The van der Waals surface area contributed by atoms with E-state index in [-0.39, 0.29) is 0 Å². The van der Waals surface area contributed by atoms with Gasteiger partial charge in [0, 0.05) is 13.6 Å². The maximum atomic E-state index is 12.6. The van der Waals surface area contributed by atoms with Crippen molar-refractivity contribution in [1.82, 2.24) is 10.2 Å². The Labute approximate surface area is 96.0 Å². The topological polar surface area (TPSA) is 49.4 Å². The summed E-state index contributed by atoms with van der Waals surface area (Å²) in [5.41, 5.74) is 0. The van der Waals surface area contributed by atoms with Gasteiger partial charge in [0.25, 0.3) is 5.91 Å². The standard InChI is InChI=1S/C9H14F4N2O2/c1-4-15(3)6(16)5(2)14-8(17)9(12,13)7(10)11/h5,7H,4H2,1-3H3,(H,14,17). The summed E-state index contributed by atoms with van der Waals surface area (Å²) in [6.45, 7) is 3.10. The van der Waals surface area contributed by atoms with Crippen LogP contribution in [0, 0.1) is 0 Å². The minimum absolute atomic E-state index is 0.310. The van der Waals surface area contributed by atoms with E-state index in [2.05, 4.69) is 0 Å². The molecule has 0 spiro atoms. The van der Waals surface area contributed by atoms with Crippen LogP contribution < -0.4 is 5.32 Å². The van der Waals surface area contributed by atoms with Crippen molar-refractivity contribution in [2.45, 2.75) is 32.2 Å². The number of halogens is 4. The molecule has 0 aromatic rings. The molecule has 1 atom stereocenters. The number of nitrogens with zero attached hydrogens (tertiary/aromatic N) is 1. The predicted molar refractivity (Wildman–Crippen MR) is 51.9 cm³/mol. The van der Waals surface area contributed by atoms with E-state index >= 15 is 0 Å². The van der Waals surface area contributed by atoms with Crippen molar-refractivity contribution in [3.05, 3.63) is 0 Å². The Bertz CT molecular complexity index is 297. The number of hydrogen-bond donors (Lipinski definition) is 1. The SMILES string of the molecule is CCN(C)C(=O)C(C)NC(=O)C(F)(F)C(F)F. The highest BCUT2D eigenvalue weighted by Crippen LogP contribution is 2.22. The Balaban J connectivity index is 4.55. The largest absolute Gasteiger partial charge is 0.383 e. The van der Waals surface area contributed by atoms with Gasteiger partial charge in [-0.2, -0.15) is 8.78 Å². The zero-order valence-electron chi connectivity index (χ0n) is 9.64. The van der Waals surface area contributed by atoms with Crippen LogP contribution in [0.15, 0.2) is 0 Å². The number of rotatable bonds is 5. The molecule has 0 aliphatic carbocycles. The van der Waals surface area contributed by atoms with E-state index in [1.807, 2.05) is 0 Å². The van der Waals surface area contributed by atoms with E-state index in [4.69, 9.17) is 0 Å². The normalized spacial score (nSPS) is 13.4. The van der Waals surface area contributed by atoms with Gasteiger partial charge in [-0.05, 0) is 13.8 Å². The van der Waals surface area contributed by atoms with Crippen LogP contribution in [0.2, 0.25) is 0 Å². The van der Waals surface area contributed by atoms with Crippen molar-refractivity contribution >= 4 is 11.8 Å². The molecule has 0 rings (SSSR count). The lowest BCUT2D eigenvalue weighted by Gasteiger charge is -2.22. The second-order valence-corrected chi connectivity index (χ2v) is 3.47. The average Bonchev–Trinajstić information content (AvgIpc) is 2.26. The minimum atomic E-state index is -4.79. The molecule has 8 heteroatoms. The third-order valence-corrected chi connectivity index (χ3v) is 2.15. The number of likely N-dealkylation sites (N-methyl/N-ethyl adjacent to an activating group) is 1. The second-order valence-electron chi connectivity index (χ2n) is 3.47. The molecule has 0 saturated carbocycles. The first kappa shape index (κ1) is 15.7. The molecule has 1 unspecified atom stereocenters. The van der Waals surface area contributed by atoms with Crippen molar-refractivity contribution in [3.63, 3.8) is 0 Å². The van der Waals surface area contributed by atoms with Gasteiger partial charge >= 0.3 is 12.3 Å². The Morgan fingerprint density at radius 1 is 1.35 bits per heavy atom. The summed E-state index contributed by atoms with van der Waals surface area (Å²) in [7, 11) is 1.40. The van der Waals surface area contributed by atoms with Crippen LogP contribution in [0.5, 0.6) is 0 Å². The van der Waals surface area contributed by atoms with Crippen molar-refractivity contribution in [3.8, 4) is 0 Å². The molecule has 0 aromatic heterocycles. The van der Waals surface area contributed by atoms with Crippen molar-refractivity contribution in [2.75, 3.05) is 13.6 Å². The van der Waals surface area contributed by atoms with Crippen LogP contribution in [-0.2, 0) is 9.59 Å². The highest BCUT2D eigenvalue weighted by molar-refractivity contribution is 5.90. The van der Waals surface area contributed by atoms with Crippen LogP contribution in [0.3, 0.4) is 0 Å². The number of hydrogen-bond acceptors (Lipinski definition) is 2. The number of alkyl halides is 4. The fourth-order valence-electron chi connectivity index (χ4n) is 0.940. The summed E-state index contributed by atoms with van der Waals surface area (Å²) in [5.74, 6) is -7.58. The molecule has 2 amide bonds. The van der Waals surface area contributed by atoms with E-state index in [0.717, 1.165) is 6.92 Å². The molecular formula is C9H14F4N2O2. The van der Waals surface area contributed by atoms with Gasteiger partial charge in [-0.15, -0.1) is 0 Å². The van der Waals surface area contributed by atoms with Crippen LogP contribution in [0.1, 0.15) is 13.8 Å². The number of carbonyl (C=O) groups is 2. The smallest absolute Gasteiger partial charge is 0.344 e. The molecule has 0 bridgehead atoms. The molecule has 0 fully saturated rings. The monoisotopic (exact) mass is 258 g/mol. The third-order valence-electron chi connectivity index (χ3n) is 2.15. The first-order chi connectivity index (χ1) is 7.64. The fourth-order valence-corrected chi connectivity index (χ4v) is 0.940. The summed E-state index contributed by atoms with van der Waals surface area (Å²) >= 11 is 0. The summed E-state index contributed by atoms with van der Waals surface area (Å²) in [4.78, 5) is 23.4. The highest BCUT2D eigenvalue weighted by atomic mass is 19.3. The van der Waals surface area contributed by atoms with Crippen molar-refractivity contribution in [1.29, 1.82) is 0 Å². The van der Waals surface area contributed by atoms with Crippen molar-refractivity contribution < 1.29 is 27.2 Å². The molecule has 4 nitrogen and oxygen atoms in total.